The third kappa shape index (κ3) is 5.76. The normalized spacial score (nSPS) is 14.2. The Morgan fingerprint density at radius 3 is 1.81 bits per heavy atom. The summed E-state index contributed by atoms with van der Waals surface area (Å²) in [6.45, 7) is -0.517. The standard InChI is InChI=1S/C17H13F11N2O7/c1-3-7(2)9-4-8(29(32)33)5-10(30(34)35)11(9)37-12(31)36-6-13(18,19)14(20,21)15(22,23)16(24,25)17(26,27)28/h4-5,7H,3,6H2,1-2H3. The van der Waals surface area contributed by atoms with E-state index in [1.54, 1.807) is 0 Å². The maximum atomic E-state index is 13.7. The zero-order valence-electron chi connectivity index (χ0n) is 18.1. The molecule has 0 aliphatic carbocycles. The summed E-state index contributed by atoms with van der Waals surface area (Å²) in [5, 5.41) is 22.3. The smallest absolute Gasteiger partial charge is 0.427 e. The van der Waals surface area contributed by atoms with Gasteiger partial charge in [-0.3, -0.25) is 20.2 Å². The number of ether oxygens (including phenoxy) is 2. The number of nitro benzene ring substituents is 2. The zero-order chi connectivity index (χ0) is 29.4. The molecule has 0 spiro atoms. The first kappa shape index (κ1) is 31.5. The third-order valence-electron chi connectivity index (χ3n) is 4.79. The summed E-state index contributed by atoms with van der Waals surface area (Å²) in [5.74, 6) is -31.5. The first-order valence-electron chi connectivity index (χ1n) is 9.35. The van der Waals surface area contributed by atoms with Gasteiger partial charge in [0.25, 0.3) is 5.69 Å². The van der Waals surface area contributed by atoms with Crippen molar-refractivity contribution >= 4 is 17.5 Å². The molecular weight excluding hydrogens is 553 g/mol. The molecule has 37 heavy (non-hydrogen) atoms. The van der Waals surface area contributed by atoms with Crippen LogP contribution in [-0.2, 0) is 4.74 Å². The van der Waals surface area contributed by atoms with E-state index in [0.29, 0.717) is 6.07 Å². The van der Waals surface area contributed by atoms with Gasteiger partial charge in [0.2, 0.25) is 5.75 Å². The first-order valence-corrected chi connectivity index (χ1v) is 9.35. The predicted molar refractivity (Wildman–Crippen MR) is 96.3 cm³/mol. The van der Waals surface area contributed by atoms with Crippen LogP contribution >= 0.6 is 0 Å². The molecular formula is C17H13F11N2O7. The van der Waals surface area contributed by atoms with Crippen molar-refractivity contribution in [1.29, 1.82) is 0 Å². The highest BCUT2D eigenvalue weighted by atomic mass is 19.4. The Bertz CT molecular complexity index is 1060. The van der Waals surface area contributed by atoms with Crippen LogP contribution in [-0.4, -0.2) is 52.5 Å². The van der Waals surface area contributed by atoms with Gasteiger partial charge < -0.3 is 9.47 Å². The lowest BCUT2D eigenvalue weighted by Gasteiger charge is -2.36. The zero-order valence-corrected chi connectivity index (χ0v) is 18.1. The molecule has 1 rings (SSSR count). The molecule has 1 aromatic carbocycles. The van der Waals surface area contributed by atoms with Crippen molar-refractivity contribution in [1.82, 2.24) is 0 Å². The van der Waals surface area contributed by atoms with Crippen LogP contribution in [0.25, 0.3) is 0 Å². The molecule has 0 aliphatic rings. The number of nitro groups is 2. The molecule has 0 aromatic heterocycles. The molecule has 0 heterocycles. The third-order valence-corrected chi connectivity index (χ3v) is 4.79. The van der Waals surface area contributed by atoms with E-state index in [9.17, 15) is 73.3 Å². The number of rotatable bonds is 10. The SMILES string of the molecule is CCC(C)c1cc([N+](=O)[O-])cc([N+](=O)[O-])c1OC(=O)OCC(F)(F)C(F)(F)C(F)(F)C(F)(F)C(F)(F)F. The summed E-state index contributed by atoms with van der Waals surface area (Å²) in [6, 6.07) is 0.906. The van der Waals surface area contributed by atoms with E-state index < -0.39 is 81.1 Å². The van der Waals surface area contributed by atoms with Gasteiger partial charge in [-0.05, 0) is 12.3 Å². The quantitative estimate of drug-likeness (QED) is 0.102. The molecule has 0 bridgehead atoms. The molecule has 1 unspecified atom stereocenters. The fraction of sp³-hybridized carbons (Fsp3) is 0.588. The summed E-state index contributed by atoms with van der Waals surface area (Å²) in [5.41, 5.74) is -2.69. The van der Waals surface area contributed by atoms with Gasteiger partial charge >= 0.3 is 41.7 Å². The lowest BCUT2D eigenvalue weighted by Crippen LogP contribution is -2.67. The fourth-order valence-electron chi connectivity index (χ4n) is 2.52. The highest BCUT2D eigenvalue weighted by Gasteiger charge is 2.87. The van der Waals surface area contributed by atoms with Gasteiger partial charge in [0, 0.05) is 11.6 Å². The molecule has 0 aliphatic heterocycles. The molecule has 1 aromatic rings. The Morgan fingerprint density at radius 2 is 1.41 bits per heavy atom. The molecule has 0 amide bonds. The van der Waals surface area contributed by atoms with Crippen LogP contribution in [0.3, 0.4) is 0 Å². The van der Waals surface area contributed by atoms with E-state index in [0.717, 1.165) is 0 Å². The topological polar surface area (TPSA) is 122 Å². The molecule has 1 atom stereocenters. The Morgan fingerprint density at radius 1 is 0.892 bits per heavy atom. The molecule has 20 heteroatoms. The Labute approximate surface area is 197 Å². The van der Waals surface area contributed by atoms with E-state index >= 15 is 0 Å². The maximum absolute atomic E-state index is 13.7. The second-order valence-electron chi connectivity index (χ2n) is 7.27. The summed E-state index contributed by atoms with van der Waals surface area (Å²) in [4.78, 5) is 31.6. The van der Waals surface area contributed by atoms with Gasteiger partial charge in [-0.1, -0.05) is 13.8 Å². The van der Waals surface area contributed by atoms with Gasteiger partial charge in [-0.15, -0.1) is 0 Å². The Hall–Kier alpha value is -3.48. The Balaban J connectivity index is 3.33. The first-order chi connectivity index (χ1) is 16.5. The monoisotopic (exact) mass is 566 g/mol. The minimum atomic E-state index is -7.74. The van der Waals surface area contributed by atoms with Gasteiger partial charge in [0.1, 0.15) is 0 Å². The van der Waals surface area contributed by atoms with Crippen LogP contribution in [0, 0.1) is 20.2 Å². The van der Waals surface area contributed by atoms with Crippen LogP contribution in [0.2, 0.25) is 0 Å². The number of non-ortho nitro benzene ring substituents is 1. The van der Waals surface area contributed by atoms with Crippen molar-refractivity contribution in [3.8, 4) is 5.75 Å². The van der Waals surface area contributed by atoms with Gasteiger partial charge in [0.05, 0.1) is 15.9 Å². The summed E-state index contributed by atoms with van der Waals surface area (Å²) in [6.07, 6.45) is -9.88. The molecule has 0 radical (unpaired) electrons. The lowest BCUT2D eigenvalue weighted by molar-refractivity contribution is -0.423. The predicted octanol–water partition coefficient (Wildman–Crippen LogP) is 6.64. The molecule has 0 saturated carbocycles. The molecule has 210 valence electrons. The second kappa shape index (κ2) is 10.1. The van der Waals surface area contributed by atoms with Crippen molar-refractivity contribution in [3.05, 3.63) is 37.9 Å². The number of nitrogens with zero attached hydrogens (tertiary/aromatic N) is 2. The highest BCUT2D eigenvalue weighted by molar-refractivity contribution is 5.70. The molecule has 9 nitrogen and oxygen atoms in total. The second-order valence-corrected chi connectivity index (χ2v) is 7.27. The summed E-state index contributed by atoms with van der Waals surface area (Å²) in [7, 11) is 0. The average Bonchev–Trinajstić information content (AvgIpc) is 2.75. The van der Waals surface area contributed by atoms with Gasteiger partial charge in [-0.25, -0.2) is 4.79 Å². The molecule has 0 fully saturated rings. The van der Waals surface area contributed by atoms with Gasteiger partial charge in [0.15, 0.2) is 6.61 Å². The van der Waals surface area contributed by atoms with Crippen molar-refractivity contribution in [3.63, 3.8) is 0 Å². The molecule has 0 N–H and O–H groups in total. The van der Waals surface area contributed by atoms with E-state index in [1.165, 1.54) is 13.8 Å². The van der Waals surface area contributed by atoms with Crippen molar-refractivity contribution in [2.24, 2.45) is 0 Å². The van der Waals surface area contributed by atoms with Crippen LogP contribution in [0.4, 0.5) is 64.5 Å². The highest BCUT2D eigenvalue weighted by Crippen LogP contribution is 2.57. The van der Waals surface area contributed by atoms with Crippen LogP contribution in [0.5, 0.6) is 5.75 Å². The lowest BCUT2D eigenvalue weighted by atomic mass is 9.96. The van der Waals surface area contributed by atoms with E-state index in [-0.39, 0.29) is 12.5 Å². The van der Waals surface area contributed by atoms with Crippen molar-refractivity contribution in [2.45, 2.75) is 56.1 Å². The van der Waals surface area contributed by atoms with Crippen molar-refractivity contribution < 1.29 is 72.4 Å². The number of halogens is 11. The van der Waals surface area contributed by atoms with E-state index in [2.05, 4.69) is 9.47 Å². The maximum Gasteiger partial charge on any atom is 0.514 e. The average molecular weight is 566 g/mol. The number of carbonyl (C=O) groups excluding carboxylic acids is 1. The van der Waals surface area contributed by atoms with Crippen LogP contribution in [0.1, 0.15) is 31.7 Å². The molecule has 0 saturated heterocycles. The number of benzene rings is 1. The fourth-order valence-corrected chi connectivity index (χ4v) is 2.52. The number of hydrogen-bond donors (Lipinski definition) is 0. The number of alkyl halides is 11. The minimum absolute atomic E-state index is 0.0660. The van der Waals surface area contributed by atoms with Crippen LogP contribution < -0.4 is 4.74 Å². The van der Waals surface area contributed by atoms with Gasteiger partial charge in [-0.2, -0.15) is 48.3 Å². The minimum Gasteiger partial charge on any atom is -0.427 e. The largest absolute Gasteiger partial charge is 0.514 e. The van der Waals surface area contributed by atoms with E-state index in [4.69, 9.17) is 0 Å². The number of carbonyl (C=O) groups is 1. The summed E-state index contributed by atoms with van der Waals surface area (Å²) < 4.78 is 151. The Kier molecular flexibility index (Phi) is 8.62. The van der Waals surface area contributed by atoms with Crippen LogP contribution in [0.15, 0.2) is 12.1 Å². The van der Waals surface area contributed by atoms with E-state index in [1.807, 2.05) is 0 Å². The van der Waals surface area contributed by atoms with Crippen molar-refractivity contribution in [2.75, 3.05) is 6.61 Å². The number of hydrogen-bond acceptors (Lipinski definition) is 7. The summed E-state index contributed by atoms with van der Waals surface area (Å²) >= 11 is 0.